The first kappa shape index (κ1) is 24.4. The number of methoxy groups -OCH3 is 1. The lowest BCUT2D eigenvalue weighted by Crippen LogP contribution is -2.23. The first-order valence-electron chi connectivity index (χ1n) is 11.0. The van der Waals surface area contributed by atoms with Crippen molar-refractivity contribution >= 4 is 11.5 Å². The van der Waals surface area contributed by atoms with Crippen LogP contribution in [0.5, 0.6) is 0 Å². The SMILES string of the molecule is COC(=O)c1ccn2ncc(C)c2c1C#CC#CCC(c1cc(F)ccc1F)c1cccn(C)c1=O. The Labute approximate surface area is 206 Å². The molecule has 0 fully saturated rings. The zero-order valence-electron chi connectivity index (χ0n) is 19.8. The van der Waals surface area contributed by atoms with Gasteiger partial charge in [-0.05, 0) is 66.1 Å². The number of halogens is 2. The molecule has 1 unspecified atom stereocenters. The summed E-state index contributed by atoms with van der Waals surface area (Å²) in [6.07, 6.45) is 4.91. The van der Waals surface area contributed by atoms with Crippen molar-refractivity contribution in [2.45, 2.75) is 19.3 Å². The van der Waals surface area contributed by atoms with Crippen LogP contribution in [0.15, 0.2) is 59.8 Å². The third kappa shape index (κ3) is 4.75. The third-order valence-electron chi connectivity index (χ3n) is 5.78. The fourth-order valence-electron chi connectivity index (χ4n) is 3.98. The molecular formula is C28H21F2N3O3. The molecule has 0 aliphatic carbocycles. The second-order valence-corrected chi connectivity index (χ2v) is 8.07. The van der Waals surface area contributed by atoms with Gasteiger partial charge in [-0.15, -0.1) is 0 Å². The minimum Gasteiger partial charge on any atom is -0.465 e. The number of ether oxygens (including phenoxy) is 1. The van der Waals surface area contributed by atoms with E-state index in [4.69, 9.17) is 4.74 Å². The van der Waals surface area contributed by atoms with Crippen LogP contribution in [0.25, 0.3) is 5.52 Å². The van der Waals surface area contributed by atoms with E-state index in [1.54, 1.807) is 48.4 Å². The average molecular weight is 485 g/mol. The molecule has 8 heteroatoms. The van der Waals surface area contributed by atoms with E-state index in [1.807, 2.05) is 6.92 Å². The highest BCUT2D eigenvalue weighted by Gasteiger charge is 2.21. The minimum absolute atomic E-state index is 0.0219. The topological polar surface area (TPSA) is 65.6 Å². The van der Waals surface area contributed by atoms with Crippen LogP contribution in [0.1, 0.15) is 45.0 Å². The van der Waals surface area contributed by atoms with Gasteiger partial charge in [-0.2, -0.15) is 5.10 Å². The van der Waals surface area contributed by atoms with Gasteiger partial charge >= 0.3 is 5.97 Å². The van der Waals surface area contributed by atoms with Crippen LogP contribution in [0.4, 0.5) is 8.78 Å². The van der Waals surface area contributed by atoms with Gasteiger partial charge in [0.2, 0.25) is 0 Å². The zero-order valence-corrected chi connectivity index (χ0v) is 19.8. The van der Waals surface area contributed by atoms with Crippen molar-refractivity contribution in [3.63, 3.8) is 0 Å². The Morgan fingerprint density at radius 2 is 1.94 bits per heavy atom. The van der Waals surface area contributed by atoms with Crippen LogP contribution in [-0.2, 0) is 11.8 Å². The van der Waals surface area contributed by atoms with Crippen molar-refractivity contribution in [1.82, 2.24) is 14.2 Å². The Morgan fingerprint density at radius 3 is 2.72 bits per heavy atom. The molecule has 0 aliphatic heterocycles. The smallest absolute Gasteiger partial charge is 0.339 e. The van der Waals surface area contributed by atoms with Crippen LogP contribution in [0.2, 0.25) is 0 Å². The highest BCUT2D eigenvalue weighted by atomic mass is 19.1. The molecule has 0 radical (unpaired) electrons. The predicted molar refractivity (Wildman–Crippen MR) is 130 cm³/mol. The molecule has 3 aromatic heterocycles. The molecule has 0 aliphatic rings. The Balaban J connectivity index is 1.74. The quantitative estimate of drug-likeness (QED) is 0.324. The number of carbonyl (C=O) groups excluding carboxylic acids is 1. The number of hydrogen-bond donors (Lipinski definition) is 0. The van der Waals surface area contributed by atoms with Crippen molar-refractivity contribution in [1.29, 1.82) is 0 Å². The molecule has 0 N–H and O–H groups in total. The number of carbonyl (C=O) groups is 1. The summed E-state index contributed by atoms with van der Waals surface area (Å²) in [5.41, 5.74) is 2.16. The Hall–Kier alpha value is -4.69. The zero-order chi connectivity index (χ0) is 25.8. The normalized spacial score (nSPS) is 11.2. The first-order chi connectivity index (χ1) is 17.3. The van der Waals surface area contributed by atoms with Crippen molar-refractivity contribution in [2.75, 3.05) is 7.11 Å². The van der Waals surface area contributed by atoms with Gasteiger partial charge < -0.3 is 9.30 Å². The third-order valence-corrected chi connectivity index (χ3v) is 5.78. The van der Waals surface area contributed by atoms with Gasteiger partial charge in [-0.1, -0.05) is 12.0 Å². The number of nitrogens with zero attached hydrogens (tertiary/aromatic N) is 3. The van der Waals surface area contributed by atoms with Crippen LogP contribution in [0.3, 0.4) is 0 Å². The molecule has 3 heterocycles. The monoisotopic (exact) mass is 485 g/mol. The van der Waals surface area contributed by atoms with Gasteiger partial charge in [-0.3, -0.25) is 4.79 Å². The van der Waals surface area contributed by atoms with E-state index in [-0.39, 0.29) is 23.1 Å². The lowest BCUT2D eigenvalue weighted by molar-refractivity contribution is 0.0600. The van der Waals surface area contributed by atoms with E-state index in [0.29, 0.717) is 16.6 Å². The van der Waals surface area contributed by atoms with E-state index in [0.717, 1.165) is 23.8 Å². The molecule has 36 heavy (non-hydrogen) atoms. The summed E-state index contributed by atoms with van der Waals surface area (Å²) in [6, 6.07) is 7.94. The molecule has 4 aromatic rings. The summed E-state index contributed by atoms with van der Waals surface area (Å²) in [5, 5.41) is 4.23. The van der Waals surface area contributed by atoms with Crippen LogP contribution < -0.4 is 5.56 Å². The number of fused-ring (bicyclic) bond motifs is 1. The molecule has 1 aromatic carbocycles. The van der Waals surface area contributed by atoms with E-state index in [1.165, 1.54) is 11.7 Å². The lowest BCUT2D eigenvalue weighted by Gasteiger charge is -2.16. The Morgan fingerprint density at radius 1 is 1.14 bits per heavy atom. The molecular weight excluding hydrogens is 464 g/mol. The van der Waals surface area contributed by atoms with Gasteiger partial charge in [0.25, 0.3) is 5.56 Å². The van der Waals surface area contributed by atoms with Gasteiger partial charge in [0.15, 0.2) is 0 Å². The van der Waals surface area contributed by atoms with Gasteiger partial charge in [-0.25, -0.2) is 18.1 Å². The Kier molecular flexibility index (Phi) is 6.98. The Bertz CT molecular complexity index is 1660. The number of hydrogen-bond acceptors (Lipinski definition) is 4. The van der Waals surface area contributed by atoms with Crippen molar-refractivity contribution in [3.05, 3.63) is 105 Å². The van der Waals surface area contributed by atoms with Gasteiger partial charge in [0.1, 0.15) is 11.6 Å². The summed E-state index contributed by atoms with van der Waals surface area (Å²) in [6.45, 7) is 1.85. The highest BCUT2D eigenvalue weighted by Crippen LogP contribution is 2.28. The number of aromatic nitrogens is 3. The van der Waals surface area contributed by atoms with Crippen molar-refractivity contribution < 1.29 is 18.3 Å². The van der Waals surface area contributed by atoms with Crippen molar-refractivity contribution in [3.8, 4) is 23.7 Å². The second-order valence-electron chi connectivity index (χ2n) is 8.07. The summed E-state index contributed by atoms with van der Waals surface area (Å²) in [4.78, 5) is 25.0. The lowest BCUT2D eigenvalue weighted by atomic mass is 9.89. The molecule has 0 saturated carbocycles. The number of esters is 1. The minimum atomic E-state index is -0.805. The highest BCUT2D eigenvalue weighted by molar-refractivity contribution is 5.95. The number of rotatable bonds is 4. The molecule has 0 amide bonds. The standard InChI is InChI=1S/C28H21F2N3O3/c1-18-17-31-33-15-13-23(28(35)36-3)21(26(18)33)9-6-4-5-8-20(22-10-7-14-32(2)27(22)34)24-16-19(29)11-12-25(24)30/h7,10-17,20H,8H2,1-3H3. The maximum absolute atomic E-state index is 14.6. The van der Waals surface area contributed by atoms with Gasteiger partial charge in [0.05, 0.1) is 30.0 Å². The fourth-order valence-corrected chi connectivity index (χ4v) is 3.98. The predicted octanol–water partition coefficient (Wildman–Crippen LogP) is 3.98. The molecule has 6 nitrogen and oxygen atoms in total. The van der Waals surface area contributed by atoms with E-state index < -0.39 is 23.5 Å². The largest absolute Gasteiger partial charge is 0.465 e. The number of aryl methyl sites for hydroxylation is 2. The van der Waals surface area contributed by atoms with E-state index in [9.17, 15) is 18.4 Å². The number of pyridine rings is 2. The molecule has 0 spiro atoms. The maximum Gasteiger partial charge on any atom is 0.339 e. The molecule has 4 rings (SSSR count). The van der Waals surface area contributed by atoms with Crippen molar-refractivity contribution in [2.24, 2.45) is 7.05 Å². The average Bonchev–Trinajstić information content (AvgIpc) is 3.25. The van der Waals surface area contributed by atoms with Gasteiger partial charge in [0, 0.05) is 37.3 Å². The molecule has 180 valence electrons. The van der Waals surface area contributed by atoms with Crippen LogP contribution in [0, 0.1) is 42.2 Å². The molecule has 1 atom stereocenters. The summed E-state index contributed by atoms with van der Waals surface area (Å²) in [7, 11) is 2.87. The summed E-state index contributed by atoms with van der Waals surface area (Å²) >= 11 is 0. The molecule has 0 bridgehead atoms. The second kappa shape index (κ2) is 10.3. The van der Waals surface area contributed by atoms with E-state index >= 15 is 0 Å². The number of benzene rings is 1. The molecule has 0 saturated heterocycles. The van der Waals surface area contributed by atoms with Crippen LogP contribution >= 0.6 is 0 Å². The van der Waals surface area contributed by atoms with Crippen LogP contribution in [-0.4, -0.2) is 27.3 Å². The summed E-state index contributed by atoms with van der Waals surface area (Å²) in [5.74, 6) is 8.62. The van der Waals surface area contributed by atoms with E-state index in [2.05, 4.69) is 28.8 Å². The summed E-state index contributed by atoms with van der Waals surface area (Å²) < 4.78 is 36.4. The first-order valence-corrected chi connectivity index (χ1v) is 11.0. The maximum atomic E-state index is 14.6. The fraction of sp³-hybridized carbons (Fsp3) is 0.179.